The quantitative estimate of drug-likeness (QED) is 0.658. The molecule has 0 aliphatic carbocycles. The molecule has 1 aliphatic rings. The van der Waals surface area contributed by atoms with Crippen LogP contribution >= 0.6 is 0 Å². The van der Waals surface area contributed by atoms with Crippen LogP contribution < -0.4 is 10.2 Å². The second-order valence-electron chi connectivity index (χ2n) is 5.08. The van der Waals surface area contributed by atoms with Gasteiger partial charge in [-0.15, -0.1) is 0 Å². The van der Waals surface area contributed by atoms with E-state index < -0.39 is 0 Å². The largest absolute Gasteiger partial charge is 0.364 e. The maximum absolute atomic E-state index is 11.4. The number of rotatable bonds is 5. The average molecular weight is 279 g/mol. The maximum Gasteiger partial charge on any atom is 0.353 e. The molecule has 1 aromatic rings. The first kappa shape index (κ1) is 14.5. The zero-order chi connectivity index (χ0) is 14.7. The van der Waals surface area contributed by atoms with Crippen molar-refractivity contribution >= 4 is 17.3 Å². The summed E-state index contributed by atoms with van der Waals surface area (Å²) in [7, 11) is 0. The van der Waals surface area contributed by atoms with Crippen molar-refractivity contribution in [2.75, 3.05) is 16.8 Å². The highest BCUT2D eigenvalue weighted by Crippen LogP contribution is 2.38. The molecular formula is C13H21N5O2. The Balaban J connectivity index is 2.49. The van der Waals surface area contributed by atoms with E-state index in [1.807, 2.05) is 6.92 Å². The molecular weight excluding hydrogens is 258 g/mol. The van der Waals surface area contributed by atoms with E-state index in [0.717, 1.165) is 19.3 Å². The first-order valence-corrected chi connectivity index (χ1v) is 7.11. The van der Waals surface area contributed by atoms with Crippen LogP contribution in [0.4, 0.5) is 17.3 Å². The fraction of sp³-hybridized carbons (Fsp3) is 0.692. The topological polar surface area (TPSA) is 84.2 Å². The summed E-state index contributed by atoms with van der Waals surface area (Å²) in [6, 6.07) is 0.580. The highest BCUT2D eigenvalue weighted by molar-refractivity contribution is 5.71. The van der Waals surface area contributed by atoms with Crippen LogP contribution in [0.1, 0.15) is 40.0 Å². The van der Waals surface area contributed by atoms with Crippen molar-refractivity contribution in [3.63, 3.8) is 0 Å². The smallest absolute Gasteiger partial charge is 0.353 e. The molecule has 0 radical (unpaired) electrons. The standard InChI is InChI=1S/C13H21N5O2/c1-4-10-7-6-9(3)17(10)13-11(18(19)20)12(14-5-2)15-8-16-13/h8-10H,4-7H2,1-3H3,(H,14,15,16). The zero-order valence-electron chi connectivity index (χ0n) is 12.2. The molecule has 1 aromatic heterocycles. The Morgan fingerprint density at radius 1 is 1.45 bits per heavy atom. The molecule has 1 aliphatic heterocycles. The van der Waals surface area contributed by atoms with Crippen molar-refractivity contribution in [2.24, 2.45) is 0 Å². The van der Waals surface area contributed by atoms with E-state index >= 15 is 0 Å². The summed E-state index contributed by atoms with van der Waals surface area (Å²) in [5.74, 6) is 0.745. The highest BCUT2D eigenvalue weighted by Gasteiger charge is 2.36. The minimum Gasteiger partial charge on any atom is -0.364 e. The van der Waals surface area contributed by atoms with Gasteiger partial charge >= 0.3 is 5.69 Å². The highest BCUT2D eigenvalue weighted by atomic mass is 16.6. The Morgan fingerprint density at radius 2 is 2.20 bits per heavy atom. The van der Waals surface area contributed by atoms with E-state index in [0.29, 0.717) is 24.2 Å². The number of nitrogens with zero attached hydrogens (tertiary/aromatic N) is 4. The van der Waals surface area contributed by atoms with Crippen molar-refractivity contribution in [3.05, 3.63) is 16.4 Å². The Morgan fingerprint density at radius 3 is 2.80 bits per heavy atom. The first-order chi connectivity index (χ1) is 9.60. The number of anilines is 2. The lowest BCUT2D eigenvalue weighted by Gasteiger charge is -2.28. The normalized spacial score (nSPS) is 22.1. The first-order valence-electron chi connectivity index (χ1n) is 7.11. The van der Waals surface area contributed by atoms with Crippen molar-refractivity contribution in [1.29, 1.82) is 0 Å². The number of hydrogen-bond acceptors (Lipinski definition) is 6. The summed E-state index contributed by atoms with van der Waals surface area (Å²) in [5.41, 5.74) is -0.0125. The second kappa shape index (κ2) is 6.02. The van der Waals surface area contributed by atoms with E-state index in [4.69, 9.17) is 0 Å². The van der Waals surface area contributed by atoms with E-state index in [1.165, 1.54) is 6.33 Å². The van der Waals surface area contributed by atoms with Crippen LogP contribution in [-0.2, 0) is 0 Å². The molecule has 7 heteroatoms. The zero-order valence-corrected chi connectivity index (χ0v) is 12.2. The Hall–Kier alpha value is -1.92. The summed E-state index contributed by atoms with van der Waals surface area (Å²) in [4.78, 5) is 21.3. The van der Waals surface area contributed by atoms with Crippen molar-refractivity contribution < 1.29 is 4.92 Å². The Kier molecular flexibility index (Phi) is 4.36. The van der Waals surface area contributed by atoms with E-state index in [1.54, 1.807) is 0 Å². The molecule has 2 heterocycles. The molecule has 1 N–H and O–H groups in total. The SMILES string of the molecule is CCNc1ncnc(N2C(C)CCC2CC)c1[N+](=O)[O-]. The van der Waals surface area contributed by atoms with Crippen molar-refractivity contribution in [1.82, 2.24) is 9.97 Å². The van der Waals surface area contributed by atoms with Crippen LogP contribution in [0.15, 0.2) is 6.33 Å². The second-order valence-corrected chi connectivity index (χ2v) is 5.08. The van der Waals surface area contributed by atoms with Gasteiger partial charge in [-0.25, -0.2) is 9.97 Å². The molecule has 0 aromatic carbocycles. The molecule has 1 fully saturated rings. The third kappa shape index (κ3) is 2.52. The monoisotopic (exact) mass is 279 g/mol. The molecule has 20 heavy (non-hydrogen) atoms. The number of hydrogen-bond donors (Lipinski definition) is 1. The van der Waals surface area contributed by atoms with Crippen LogP contribution in [0.3, 0.4) is 0 Å². The lowest BCUT2D eigenvalue weighted by molar-refractivity contribution is -0.383. The summed E-state index contributed by atoms with van der Waals surface area (Å²) in [6.07, 6.45) is 4.45. The lowest BCUT2D eigenvalue weighted by Crippen LogP contribution is -2.35. The molecule has 7 nitrogen and oxygen atoms in total. The maximum atomic E-state index is 11.4. The predicted octanol–water partition coefficient (Wildman–Crippen LogP) is 2.58. The molecule has 0 amide bonds. The van der Waals surface area contributed by atoms with Crippen molar-refractivity contribution in [3.8, 4) is 0 Å². The van der Waals surface area contributed by atoms with Gasteiger partial charge in [0, 0.05) is 18.6 Å². The molecule has 2 unspecified atom stereocenters. The fourth-order valence-corrected chi connectivity index (χ4v) is 2.88. The molecule has 110 valence electrons. The van der Waals surface area contributed by atoms with Gasteiger partial charge in [0.1, 0.15) is 6.33 Å². The third-order valence-corrected chi connectivity index (χ3v) is 3.83. The van der Waals surface area contributed by atoms with E-state index in [2.05, 4.69) is 34.0 Å². The summed E-state index contributed by atoms with van der Waals surface area (Å²) in [6.45, 7) is 6.67. The van der Waals surface area contributed by atoms with Gasteiger partial charge in [-0.05, 0) is 33.1 Å². The van der Waals surface area contributed by atoms with Crippen LogP contribution in [-0.4, -0.2) is 33.5 Å². The molecule has 0 saturated carbocycles. The minimum atomic E-state index is -0.384. The number of nitro groups is 1. The molecule has 2 atom stereocenters. The summed E-state index contributed by atoms with van der Waals surface area (Å²) < 4.78 is 0. The van der Waals surface area contributed by atoms with Gasteiger partial charge in [0.15, 0.2) is 0 Å². The van der Waals surface area contributed by atoms with Gasteiger partial charge in [0.25, 0.3) is 0 Å². The van der Waals surface area contributed by atoms with Gasteiger partial charge in [0.05, 0.1) is 4.92 Å². The molecule has 0 spiro atoms. The lowest BCUT2D eigenvalue weighted by atomic mass is 10.1. The minimum absolute atomic E-state index is 0.0125. The number of nitrogens with one attached hydrogen (secondary N) is 1. The van der Waals surface area contributed by atoms with E-state index in [-0.39, 0.29) is 16.7 Å². The summed E-state index contributed by atoms with van der Waals surface area (Å²) >= 11 is 0. The predicted molar refractivity (Wildman–Crippen MR) is 78.1 cm³/mol. The fourth-order valence-electron chi connectivity index (χ4n) is 2.88. The Bertz CT molecular complexity index is 494. The Labute approximate surface area is 118 Å². The van der Waals surface area contributed by atoms with Crippen LogP contribution in [0.25, 0.3) is 0 Å². The van der Waals surface area contributed by atoms with Gasteiger partial charge < -0.3 is 10.2 Å². The van der Waals surface area contributed by atoms with Gasteiger partial charge in [-0.1, -0.05) is 6.92 Å². The van der Waals surface area contributed by atoms with Gasteiger partial charge in [0.2, 0.25) is 11.6 Å². The molecule has 1 saturated heterocycles. The third-order valence-electron chi connectivity index (χ3n) is 3.83. The van der Waals surface area contributed by atoms with Crippen LogP contribution in [0, 0.1) is 10.1 Å². The van der Waals surface area contributed by atoms with Crippen molar-refractivity contribution in [2.45, 2.75) is 52.1 Å². The number of aromatic nitrogens is 2. The van der Waals surface area contributed by atoms with Gasteiger partial charge in [-0.3, -0.25) is 10.1 Å². The van der Waals surface area contributed by atoms with Crippen LogP contribution in [0.2, 0.25) is 0 Å². The summed E-state index contributed by atoms with van der Waals surface area (Å²) in [5, 5.41) is 14.4. The van der Waals surface area contributed by atoms with E-state index in [9.17, 15) is 10.1 Å². The average Bonchev–Trinajstić information content (AvgIpc) is 2.79. The van der Waals surface area contributed by atoms with Crippen LogP contribution in [0.5, 0.6) is 0 Å². The molecule has 0 bridgehead atoms. The van der Waals surface area contributed by atoms with Gasteiger partial charge in [-0.2, -0.15) is 0 Å². The molecule has 2 rings (SSSR count).